The lowest BCUT2D eigenvalue weighted by Gasteiger charge is -2.55. The maximum absolute atomic E-state index is 12.9. The number of esters is 1. The number of nitrogens with one attached hydrogen (secondary N) is 2. The minimum absolute atomic E-state index is 0.151. The van der Waals surface area contributed by atoms with Crippen molar-refractivity contribution < 1.29 is 19.1 Å². The molecule has 0 atom stereocenters. The third kappa shape index (κ3) is 3.74. The summed E-state index contributed by atoms with van der Waals surface area (Å²) < 4.78 is 4.66. The minimum atomic E-state index is -0.414. The molecule has 5 rings (SSSR count). The fraction of sp³-hybridized carbons (Fsp3) is 0.650. The molecule has 4 fully saturated rings. The van der Waals surface area contributed by atoms with E-state index in [1.54, 1.807) is 12.1 Å². The van der Waals surface area contributed by atoms with Crippen molar-refractivity contribution in [3.8, 4) is 0 Å². The molecular weight excluding hydrogens is 364 g/mol. The van der Waals surface area contributed by atoms with Crippen molar-refractivity contribution >= 4 is 34.1 Å². The lowest BCUT2D eigenvalue weighted by molar-refractivity contribution is -0.146. The van der Waals surface area contributed by atoms with Gasteiger partial charge in [-0.2, -0.15) is 0 Å². The molecule has 1 heterocycles. The molecule has 4 saturated carbocycles. The van der Waals surface area contributed by atoms with Crippen molar-refractivity contribution in [2.45, 2.75) is 44.9 Å². The van der Waals surface area contributed by atoms with Crippen LogP contribution in [0.4, 0.5) is 5.00 Å². The zero-order valence-corrected chi connectivity index (χ0v) is 16.4. The van der Waals surface area contributed by atoms with E-state index < -0.39 is 5.97 Å². The predicted octanol–water partition coefficient (Wildman–Crippen LogP) is 3.20. The second kappa shape index (κ2) is 7.26. The van der Waals surface area contributed by atoms with Gasteiger partial charge in [-0.3, -0.25) is 9.59 Å². The van der Waals surface area contributed by atoms with Crippen molar-refractivity contribution in [2.75, 3.05) is 19.0 Å². The predicted molar refractivity (Wildman–Crippen MR) is 103 cm³/mol. The van der Waals surface area contributed by atoms with Crippen LogP contribution in [0.3, 0.4) is 0 Å². The first-order chi connectivity index (χ1) is 13.0. The maximum Gasteiger partial charge on any atom is 0.348 e. The molecule has 0 unspecified atom stereocenters. The molecule has 0 aliphatic heterocycles. The first kappa shape index (κ1) is 18.5. The Morgan fingerprint density at radius 2 is 1.74 bits per heavy atom. The quantitative estimate of drug-likeness (QED) is 0.731. The van der Waals surface area contributed by atoms with Crippen molar-refractivity contribution in [3.05, 3.63) is 17.0 Å². The van der Waals surface area contributed by atoms with Gasteiger partial charge in [0.25, 0.3) is 0 Å². The second-order valence-electron chi connectivity index (χ2n) is 8.41. The first-order valence-corrected chi connectivity index (χ1v) is 10.6. The van der Waals surface area contributed by atoms with Crippen LogP contribution in [0.1, 0.15) is 54.6 Å². The summed E-state index contributed by atoms with van der Waals surface area (Å²) in [5.41, 5.74) is -0.172. The Hall–Kier alpha value is -1.89. The molecule has 6 nitrogen and oxygen atoms in total. The molecule has 27 heavy (non-hydrogen) atoms. The van der Waals surface area contributed by atoms with Gasteiger partial charge in [-0.1, -0.05) is 0 Å². The van der Waals surface area contributed by atoms with Gasteiger partial charge in [0, 0.05) is 18.4 Å². The Balaban J connectivity index is 1.25. The van der Waals surface area contributed by atoms with E-state index in [-0.39, 0.29) is 23.7 Å². The van der Waals surface area contributed by atoms with E-state index in [1.807, 2.05) is 0 Å². The molecule has 4 bridgehead atoms. The Morgan fingerprint density at radius 3 is 2.33 bits per heavy atom. The third-order valence-corrected chi connectivity index (χ3v) is 7.39. The van der Waals surface area contributed by atoms with Crippen LogP contribution in [0.2, 0.25) is 0 Å². The van der Waals surface area contributed by atoms with E-state index in [2.05, 4.69) is 15.4 Å². The monoisotopic (exact) mass is 390 g/mol. The van der Waals surface area contributed by atoms with Gasteiger partial charge < -0.3 is 15.4 Å². The molecule has 0 spiro atoms. The summed E-state index contributed by atoms with van der Waals surface area (Å²) in [5, 5.41) is 6.39. The zero-order chi connectivity index (χ0) is 19.0. The zero-order valence-electron chi connectivity index (χ0n) is 15.6. The molecule has 1 aromatic heterocycles. The lowest BCUT2D eigenvalue weighted by Crippen LogP contribution is -2.53. The molecule has 1 aromatic rings. The van der Waals surface area contributed by atoms with Gasteiger partial charge in [0.2, 0.25) is 11.8 Å². The molecule has 7 heteroatoms. The highest BCUT2D eigenvalue weighted by molar-refractivity contribution is 7.18. The SMILES string of the molecule is COC(=O)c1ccc(NC(=O)CCNC(=O)C23CC4CC(CC(C4)C2)C3)s1. The van der Waals surface area contributed by atoms with E-state index in [0.717, 1.165) is 37.0 Å². The smallest absolute Gasteiger partial charge is 0.348 e. The average molecular weight is 391 g/mol. The number of thiophene rings is 1. The Kier molecular flexibility index (Phi) is 4.97. The van der Waals surface area contributed by atoms with E-state index in [9.17, 15) is 14.4 Å². The highest BCUT2D eigenvalue weighted by Gasteiger charge is 2.54. The van der Waals surface area contributed by atoms with Crippen LogP contribution in [0.25, 0.3) is 0 Å². The molecule has 4 aliphatic carbocycles. The highest BCUT2D eigenvalue weighted by atomic mass is 32.1. The summed E-state index contributed by atoms with van der Waals surface area (Å²) in [7, 11) is 1.33. The number of hydrogen-bond acceptors (Lipinski definition) is 5. The van der Waals surface area contributed by atoms with E-state index in [1.165, 1.54) is 37.7 Å². The van der Waals surface area contributed by atoms with Crippen LogP contribution in [-0.4, -0.2) is 31.4 Å². The number of methoxy groups -OCH3 is 1. The van der Waals surface area contributed by atoms with Crippen molar-refractivity contribution in [2.24, 2.45) is 23.2 Å². The molecule has 2 amide bonds. The average Bonchev–Trinajstić information content (AvgIpc) is 3.08. The van der Waals surface area contributed by atoms with Crippen LogP contribution in [-0.2, 0) is 14.3 Å². The fourth-order valence-electron chi connectivity index (χ4n) is 5.68. The number of amides is 2. The molecule has 2 N–H and O–H groups in total. The summed E-state index contributed by atoms with van der Waals surface area (Å²) >= 11 is 1.18. The topological polar surface area (TPSA) is 84.5 Å². The van der Waals surface area contributed by atoms with Crippen molar-refractivity contribution in [1.82, 2.24) is 5.32 Å². The molecule has 0 radical (unpaired) electrons. The maximum atomic E-state index is 12.9. The number of anilines is 1. The molecule has 0 aromatic carbocycles. The number of carbonyl (C=O) groups excluding carboxylic acids is 3. The molecule has 4 aliphatic rings. The van der Waals surface area contributed by atoms with Gasteiger partial charge in [-0.25, -0.2) is 4.79 Å². The third-order valence-electron chi connectivity index (χ3n) is 6.41. The summed E-state index contributed by atoms with van der Waals surface area (Å²) in [6.07, 6.45) is 7.24. The molecule has 146 valence electrons. The Morgan fingerprint density at radius 1 is 1.11 bits per heavy atom. The van der Waals surface area contributed by atoms with Gasteiger partial charge in [-0.05, 0) is 68.4 Å². The lowest BCUT2D eigenvalue weighted by atomic mass is 9.49. The van der Waals surface area contributed by atoms with Gasteiger partial charge in [-0.15, -0.1) is 11.3 Å². The Bertz CT molecular complexity index is 722. The molecular formula is C20H26N2O4S. The normalized spacial score (nSPS) is 30.8. The van der Waals surface area contributed by atoms with Crippen LogP contribution in [0, 0.1) is 23.2 Å². The number of rotatable bonds is 6. The fourth-order valence-corrected chi connectivity index (χ4v) is 6.52. The molecule has 0 saturated heterocycles. The van der Waals surface area contributed by atoms with Gasteiger partial charge in [0.05, 0.1) is 12.1 Å². The van der Waals surface area contributed by atoms with Gasteiger partial charge in [0.1, 0.15) is 4.88 Å². The number of ether oxygens (including phenoxy) is 1. The van der Waals surface area contributed by atoms with Crippen molar-refractivity contribution in [1.29, 1.82) is 0 Å². The van der Waals surface area contributed by atoms with Gasteiger partial charge >= 0.3 is 5.97 Å². The van der Waals surface area contributed by atoms with E-state index in [4.69, 9.17) is 0 Å². The first-order valence-electron chi connectivity index (χ1n) is 9.74. The largest absolute Gasteiger partial charge is 0.465 e. The Labute approximate surface area is 163 Å². The van der Waals surface area contributed by atoms with Crippen LogP contribution in [0.5, 0.6) is 0 Å². The summed E-state index contributed by atoms with van der Waals surface area (Å²) in [6.45, 7) is 0.349. The van der Waals surface area contributed by atoms with E-state index in [0.29, 0.717) is 16.4 Å². The minimum Gasteiger partial charge on any atom is -0.465 e. The second-order valence-corrected chi connectivity index (χ2v) is 9.49. The summed E-state index contributed by atoms with van der Waals surface area (Å²) in [6, 6.07) is 3.31. The standard InChI is InChI=1S/C20H26N2O4S/c1-26-18(24)15-2-3-17(27-15)22-16(23)4-5-21-19(25)20-9-12-6-13(10-20)8-14(7-12)11-20/h2-3,12-14H,4-11H2,1H3,(H,21,25)(H,22,23). The van der Waals surface area contributed by atoms with Crippen LogP contribution >= 0.6 is 11.3 Å². The summed E-state index contributed by atoms with van der Waals surface area (Å²) in [5.74, 6) is 1.76. The van der Waals surface area contributed by atoms with E-state index >= 15 is 0 Å². The number of carbonyl (C=O) groups is 3. The summed E-state index contributed by atoms with van der Waals surface area (Å²) in [4.78, 5) is 36.9. The van der Waals surface area contributed by atoms with Crippen LogP contribution < -0.4 is 10.6 Å². The van der Waals surface area contributed by atoms with Crippen molar-refractivity contribution in [3.63, 3.8) is 0 Å². The number of hydrogen-bond donors (Lipinski definition) is 2. The van der Waals surface area contributed by atoms with Gasteiger partial charge in [0.15, 0.2) is 0 Å². The van der Waals surface area contributed by atoms with Crippen LogP contribution in [0.15, 0.2) is 12.1 Å². The highest BCUT2D eigenvalue weighted by Crippen LogP contribution is 2.60.